The zero-order valence-corrected chi connectivity index (χ0v) is 15.0. The van der Waals surface area contributed by atoms with Gasteiger partial charge in [-0.3, -0.25) is 4.68 Å². The van der Waals surface area contributed by atoms with Crippen LogP contribution in [-0.4, -0.2) is 45.0 Å². The Hall–Kier alpha value is -2.74. The van der Waals surface area contributed by atoms with Crippen molar-refractivity contribution in [3.8, 4) is 0 Å². The maximum atomic E-state index is 5.47. The summed E-state index contributed by atoms with van der Waals surface area (Å²) in [5.74, 6) is 1.94. The minimum absolute atomic E-state index is 0.537. The van der Waals surface area contributed by atoms with E-state index >= 15 is 0 Å². The van der Waals surface area contributed by atoms with Gasteiger partial charge >= 0.3 is 0 Å². The summed E-state index contributed by atoms with van der Waals surface area (Å²) in [7, 11) is 1.80. The summed E-state index contributed by atoms with van der Waals surface area (Å²) in [5.41, 5.74) is 3.63. The smallest absolute Gasteiger partial charge is 0.225 e. The number of ether oxygens (including phenoxy) is 1. The van der Waals surface area contributed by atoms with Gasteiger partial charge in [0.1, 0.15) is 16.9 Å². The first-order chi connectivity index (χ1) is 12.1. The van der Waals surface area contributed by atoms with Crippen molar-refractivity contribution in [2.45, 2.75) is 27.3 Å². The number of aromatic nitrogens is 5. The van der Waals surface area contributed by atoms with Gasteiger partial charge in [-0.1, -0.05) is 0 Å². The Morgan fingerprint density at radius 3 is 2.80 bits per heavy atom. The second-order valence-electron chi connectivity index (χ2n) is 5.69. The molecule has 8 nitrogen and oxygen atoms in total. The topological polar surface area (TPSA) is 89.8 Å². The molecule has 0 amide bonds. The van der Waals surface area contributed by atoms with E-state index in [0.717, 1.165) is 28.1 Å². The number of nitrogens with one attached hydrogen (secondary N) is 2. The molecule has 3 heterocycles. The quantitative estimate of drug-likeness (QED) is 0.639. The highest BCUT2D eigenvalue weighted by atomic mass is 16.5. The lowest BCUT2D eigenvalue weighted by Gasteiger charge is -2.11. The highest BCUT2D eigenvalue weighted by molar-refractivity contribution is 5.90. The van der Waals surface area contributed by atoms with Crippen LogP contribution >= 0.6 is 0 Å². The first kappa shape index (κ1) is 17.1. The van der Waals surface area contributed by atoms with Crippen LogP contribution in [0.3, 0.4) is 0 Å². The van der Waals surface area contributed by atoms with Gasteiger partial charge in [-0.05, 0) is 38.5 Å². The monoisotopic (exact) mass is 341 g/mol. The molecule has 0 spiro atoms. The first-order valence-electron chi connectivity index (χ1n) is 8.32. The second-order valence-corrected chi connectivity index (χ2v) is 5.69. The highest BCUT2D eigenvalue weighted by Crippen LogP contribution is 2.27. The molecule has 0 unspecified atom stereocenters. The van der Waals surface area contributed by atoms with Crippen LogP contribution in [0, 0.1) is 13.8 Å². The Bertz CT molecular complexity index is 875. The van der Waals surface area contributed by atoms with Crippen LogP contribution in [0.2, 0.25) is 0 Å². The van der Waals surface area contributed by atoms with Gasteiger partial charge in [0, 0.05) is 19.9 Å². The highest BCUT2D eigenvalue weighted by Gasteiger charge is 2.17. The molecule has 3 aromatic rings. The molecule has 0 bridgehead atoms. The molecule has 0 aromatic carbocycles. The number of pyridine rings is 1. The van der Waals surface area contributed by atoms with E-state index in [1.807, 2.05) is 37.6 Å². The van der Waals surface area contributed by atoms with E-state index in [1.54, 1.807) is 13.2 Å². The Morgan fingerprint density at radius 1 is 1.24 bits per heavy atom. The van der Waals surface area contributed by atoms with E-state index in [1.165, 1.54) is 0 Å². The maximum Gasteiger partial charge on any atom is 0.225 e. The molecule has 3 rings (SSSR count). The Kier molecular flexibility index (Phi) is 5.08. The lowest BCUT2D eigenvalue weighted by Crippen LogP contribution is -2.10. The normalized spacial score (nSPS) is 11.0. The summed E-state index contributed by atoms with van der Waals surface area (Å²) in [6.07, 6.45) is 1.77. The lowest BCUT2D eigenvalue weighted by molar-refractivity contribution is 0.137. The molecular weight excluding hydrogens is 318 g/mol. The average Bonchev–Trinajstić information content (AvgIpc) is 2.91. The molecule has 2 N–H and O–H groups in total. The van der Waals surface area contributed by atoms with Gasteiger partial charge in [-0.15, -0.1) is 0 Å². The SMILES string of the molecule is CCOCCn1nc(C)c2nc(NC)nc(Nc3cc(C)ccn3)c21. The van der Waals surface area contributed by atoms with E-state index in [9.17, 15) is 0 Å². The number of anilines is 3. The lowest BCUT2D eigenvalue weighted by atomic mass is 10.3. The standard InChI is InChI=1S/C17H23N7O/c1-5-25-9-8-24-15-14(12(3)23-24)21-17(18-4)22-16(15)20-13-10-11(2)6-7-19-13/h6-7,10H,5,8-9H2,1-4H3,(H2,18,19,20,21,22). The number of fused-ring (bicyclic) bond motifs is 1. The zero-order valence-electron chi connectivity index (χ0n) is 15.0. The number of aryl methyl sites for hydroxylation is 2. The fourth-order valence-corrected chi connectivity index (χ4v) is 2.61. The molecule has 0 saturated heterocycles. The van der Waals surface area contributed by atoms with Gasteiger partial charge in [0.25, 0.3) is 0 Å². The van der Waals surface area contributed by atoms with Crippen molar-refractivity contribution < 1.29 is 4.74 Å². The van der Waals surface area contributed by atoms with E-state index < -0.39 is 0 Å². The molecule has 8 heteroatoms. The average molecular weight is 341 g/mol. The zero-order chi connectivity index (χ0) is 17.8. The molecule has 0 aliphatic heterocycles. The second kappa shape index (κ2) is 7.43. The number of rotatable bonds is 7. The minimum atomic E-state index is 0.537. The Balaban J connectivity index is 2.07. The fourth-order valence-electron chi connectivity index (χ4n) is 2.61. The van der Waals surface area contributed by atoms with Crippen LogP contribution in [0.1, 0.15) is 18.2 Å². The van der Waals surface area contributed by atoms with E-state index in [-0.39, 0.29) is 0 Å². The molecule has 0 aliphatic rings. The van der Waals surface area contributed by atoms with Crippen LogP contribution < -0.4 is 10.6 Å². The first-order valence-corrected chi connectivity index (χ1v) is 8.32. The van der Waals surface area contributed by atoms with Gasteiger partial charge in [0.15, 0.2) is 5.82 Å². The van der Waals surface area contributed by atoms with Gasteiger partial charge in [0.05, 0.1) is 18.8 Å². The molecule has 0 aliphatic carbocycles. The molecular formula is C17H23N7O. The van der Waals surface area contributed by atoms with Crippen LogP contribution in [0.25, 0.3) is 11.0 Å². The van der Waals surface area contributed by atoms with Crippen molar-refractivity contribution in [3.63, 3.8) is 0 Å². The fraction of sp³-hybridized carbons (Fsp3) is 0.412. The molecule has 3 aromatic heterocycles. The van der Waals surface area contributed by atoms with Crippen LogP contribution in [0.4, 0.5) is 17.6 Å². The van der Waals surface area contributed by atoms with Crippen molar-refractivity contribution >= 4 is 28.6 Å². The van der Waals surface area contributed by atoms with Crippen molar-refractivity contribution in [1.29, 1.82) is 0 Å². The summed E-state index contributed by atoms with van der Waals surface area (Å²) in [4.78, 5) is 13.5. The molecule has 0 saturated carbocycles. The molecule has 25 heavy (non-hydrogen) atoms. The third kappa shape index (κ3) is 3.69. The van der Waals surface area contributed by atoms with Crippen molar-refractivity contribution in [1.82, 2.24) is 24.7 Å². The maximum absolute atomic E-state index is 5.47. The number of hydrogen-bond acceptors (Lipinski definition) is 7. The Morgan fingerprint density at radius 2 is 2.08 bits per heavy atom. The summed E-state index contributed by atoms with van der Waals surface area (Å²) < 4.78 is 7.35. The Labute approximate surface area is 146 Å². The number of hydrogen-bond donors (Lipinski definition) is 2. The van der Waals surface area contributed by atoms with Crippen molar-refractivity contribution in [2.75, 3.05) is 30.9 Å². The third-order valence-electron chi connectivity index (χ3n) is 3.79. The van der Waals surface area contributed by atoms with Crippen molar-refractivity contribution in [2.24, 2.45) is 0 Å². The largest absolute Gasteiger partial charge is 0.380 e. The predicted molar refractivity (Wildman–Crippen MR) is 98.4 cm³/mol. The summed E-state index contributed by atoms with van der Waals surface area (Å²) >= 11 is 0. The third-order valence-corrected chi connectivity index (χ3v) is 3.79. The van der Waals surface area contributed by atoms with Crippen LogP contribution in [0.5, 0.6) is 0 Å². The minimum Gasteiger partial charge on any atom is -0.380 e. The van der Waals surface area contributed by atoms with Gasteiger partial charge in [-0.2, -0.15) is 10.1 Å². The van der Waals surface area contributed by atoms with E-state index in [2.05, 4.69) is 30.7 Å². The summed E-state index contributed by atoms with van der Waals surface area (Å²) in [6.45, 7) is 7.85. The van der Waals surface area contributed by atoms with Gasteiger partial charge in [0.2, 0.25) is 5.95 Å². The molecule has 132 valence electrons. The van der Waals surface area contributed by atoms with E-state index in [4.69, 9.17) is 4.74 Å². The summed E-state index contributed by atoms with van der Waals surface area (Å²) in [5, 5.41) is 10.9. The molecule has 0 radical (unpaired) electrons. The van der Waals surface area contributed by atoms with Gasteiger partial charge < -0.3 is 15.4 Å². The van der Waals surface area contributed by atoms with Crippen LogP contribution in [0.15, 0.2) is 18.3 Å². The molecule has 0 fully saturated rings. The van der Waals surface area contributed by atoms with Crippen LogP contribution in [-0.2, 0) is 11.3 Å². The van der Waals surface area contributed by atoms with E-state index in [0.29, 0.717) is 31.5 Å². The van der Waals surface area contributed by atoms with Crippen molar-refractivity contribution in [3.05, 3.63) is 29.6 Å². The number of nitrogens with zero attached hydrogens (tertiary/aromatic N) is 5. The predicted octanol–water partition coefficient (Wildman–Crippen LogP) is 2.66. The summed E-state index contributed by atoms with van der Waals surface area (Å²) in [6, 6.07) is 3.93. The van der Waals surface area contributed by atoms with Gasteiger partial charge in [-0.25, -0.2) is 9.97 Å². The molecule has 0 atom stereocenters.